The summed E-state index contributed by atoms with van der Waals surface area (Å²) in [6, 6.07) is 15.4. The van der Waals surface area contributed by atoms with Crippen molar-refractivity contribution < 1.29 is 17.9 Å². The monoisotopic (exact) mass is 464 g/mol. The quantitative estimate of drug-likeness (QED) is 0.555. The van der Waals surface area contributed by atoms with E-state index in [4.69, 9.17) is 9.72 Å². The molecule has 0 fully saturated rings. The Morgan fingerprint density at radius 2 is 1.79 bits per heavy atom. The zero-order valence-corrected chi connectivity index (χ0v) is 19.7. The molecular weight excluding hydrogens is 436 g/mol. The Bertz CT molecular complexity index is 1270. The van der Waals surface area contributed by atoms with Gasteiger partial charge in [-0.2, -0.15) is 0 Å². The van der Waals surface area contributed by atoms with E-state index in [0.29, 0.717) is 12.2 Å². The number of sulfonamides is 1. The smallest absolute Gasteiger partial charge is 0.264 e. The van der Waals surface area contributed by atoms with Crippen molar-refractivity contribution in [2.75, 3.05) is 0 Å². The zero-order valence-electron chi connectivity index (χ0n) is 18.9. The molecule has 3 aromatic rings. The number of aromatic nitrogens is 1. The lowest BCUT2D eigenvalue weighted by molar-refractivity contribution is 0.0981. The summed E-state index contributed by atoms with van der Waals surface area (Å²) in [7, 11) is -3.94. The largest absolute Gasteiger partial charge is 0.488 e. The molecule has 1 heterocycles. The van der Waals surface area contributed by atoms with Gasteiger partial charge in [-0.25, -0.2) is 13.1 Å². The Morgan fingerprint density at radius 3 is 2.52 bits per heavy atom. The van der Waals surface area contributed by atoms with Gasteiger partial charge in [0.25, 0.3) is 15.9 Å². The standard InChI is InChI=1S/C26H28N2O4S/c1-3-21-16-24(22-9-5-6-10-23(22)27-21)32-17-19-12-14-20(15-13-19)26(29)28-33(30,31)25-11-7-4-8-18(25)2/h4,7-8,11-16H,3,5-6,9-10,17H2,1-2H3,(H,28,29). The van der Waals surface area contributed by atoms with Crippen LogP contribution in [0.25, 0.3) is 0 Å². The van der Waals surface area contributed by atoms with Crippen LogP contribution < -0.4 is 9.46 Å². The van der Waals surface area contributed by atoms with E-state index >= 15 is 0 Å². The molecule has 4 rings (SSSR count). The summed E-state index contributed by atoms with van der Waals surface area (Å²) in [5.74, 6) is 0.226. The number of hydrogen-bond donors (Lipinski definition) is 1. The van der Waals surface area contributed by atoms with Gasteiger partial charge in [-0.15, -0.1) is 0 Å². The Morgan fingerprint density at radius 1 is 1.06 bits per heavy atom. The fraction of sp³-hybridized carbons (Fsp3) is 0.308. The number of pyridine rings is 1. The van der Waals surface area contributed by atoms with Crippen molar-refractivity contribution >= 4 is 15.9 Å². The minimum atomic E-state index is -3.94. The van der Waals surface area contributed by atoms with Crippen LogP contribution >= 0.6 is 0 Å². The average Bonchev–Trinajstić information content (AvgIpc) is 2.82. The maximum absolute atomic E-state index is 12.6. The van der Waals surface area contributed by atoms with Gasteiger partial charge in [0.1, 0.15) is 12.4 Å². The molecule has 2 aromatic carbocycles. The molecule has 0 spiro atoms. The van der Waals surface area contributed by atoms with E-state index in [2.05, 4.69) is 11.6 Å². The highest BCUT2D eigenvalue weighted by Gasteiger charge is 2.21. The molecule has 33 heavy (non-hydrogen) atoms. The predicted octanol–water partition coefficient (Wildman–Crippen LogP) is 4.53. The summed E-state index contributed by atoms with van der Waals surface area (Å²) in [6.07, 6.45) is 5.14. The van der Waals surface area contributed by atoms with Crippen LogP contribution in [0.3, 0.4) is 0 Å². The van der Waals surface area contributed by atoms with E-state index in [0.717, 1.165) is 54.8 Å². The number of benzene rings is 2. The number of ether oxygens (including phenoxy) is 1. The summed E-state index contributed by atoms with van der Waals surface area (Å²) >= 11 is 0. The van der Waals surface area contributed by atoms with Crippen molar-refractivity contribution in [3.05, 3.63) is 88.2 Å². The van der Waals surface area contributed by atoms with Gasteiger partial charge in [0.15, 0.2) is 0 Å². The van der Waals surface area contributed by atoms with Crippen LogP contribution in [-0.4, -0.2) is 19.3 Å². The van der Waals surface area contributed by atoms with E-state index in [-0.39, 0.29) is 10.5 Å². The third kappa shape index (κ3) is 5.25. The summed E-state index contributed by atoms with van der Waals surface area (Å²) < 4.78 is 33.4. The normalized spacial score (nSPS) is 13.3. The lowest BCUT2D eigenvalue weighted by Crippen LogP contribution is -2.31. The maximum Gasteiger partial charge on any atom is 0.264 e. The first-order valence-corrected chi connectivity index (χ1v) is 12.7. The molecule has 1 amide bonds. The van der Waals surface area contributed by atoms with Crippen molar-refractivity contribution in [1.29, 1.82) is 0 Å². The molecule has 0 aliphatic heterocycles. The number of aryl methyl sites for hydroxylation is 3. The highest BCUT2D eigenvalue weighted by atomic mass is 32.2. The molecule has 7 heteroatoms. The van der Waals surface area contributed by atoms with E-state index < -0.39 is 15.9 Å². The van der Waals surface area contributed by atoms with E-state index in [9.17, 15) is 13.2 Å². The van der Waals surface area contributed by atoms with Crippen molar-refractivity contribution in [2.45, 2.75) is 57.5 Å². The van der Waals surface area contributed by atoms with E-state index in [1.807, 2.05) is 6.07 Å². The molecule has 0 radical (unpaired) electrons. The van der Waals surface area contributed by atoms with Gasteiger partial charge in [0.05, 0.1) is 4.90 Å². The van der Waals surface area contributed by atoms with E-state index in [1.165, 1.54) is 11.6 Å². The Balaban J connectivity index is 1.44. The molecule has 172 valence electrons. The summed E-state index contributed by atoms with van der Waals surface area (Å²) in [5.41, 5.74) is 5.13. The summed E-state index contributed by atoms with van der Waals surface area (Å²) in [4.78, 5) is 17.4. The first-order valence-electron chi connectivity index (χ1n) is 11.2. The van der Waals surface area contributed by atoms with Crippen molar-refractivity contribution in [3.8, 4) is 5.75 Å². The van der Waals surface area contributed by atoms with E-state index in [1.54, 1.807) is 49.4 Å². The minimum Gasteiger partial charge on any atom is -0.488 e. The average molecular weight is 465 g/mol. The fourth-order valence-corrected chi connectivity index (χ4v) is 5.26. The minimum absolute atomic E-state index is 0.0931. The number of carbonyl (C=O) groups excluding carboxylic acids is 1. The van der Waals surface area contributed by atoms with Gasteiger partial charge in [-0.3, -0.25) is 9.78 Å². The molecule has 1 aromatic heterocycles. The number of carbonyl (C=O) groups is 1. The SMILES string of the molecule is CCc1cc(OCc2ccc(C(=O)NS(=O)(=O)c3ccccc3C)cc2)c2c(n1)CCCC2. The van der Waals surface area contributed by atoms with Gasteiger partial charge in [0.2, 0.25) is 0 Å². The number of nitrogens with one attached hydrogen (secondary N) is 1. The molecule has 0 saturated carbocycles. The second-order valence-electron chi connectivity index (χ2n) is 8.28. The van der Waals surface area contributed by atoms with Crippen LogP contribution in [0.5, 0.6) is 5.75 Å². The second-order valence-corrected chi connectivity index (χ2v) is 9.93. The lowest BCUT2D eigenvalue weighted by atomic mass is 9.94. The van der Waals surface area contributed by atoms with Gasteiger partial charge in [0, 0.05) is 28.6 Å². The molecule has 1 aliphatic rings. The van der Waals surface area contributed by atoms with Crippen molar-refractivity contribution in [3.63, 3.8) is 0 Å². The lowest BCUT2D eigenvalue weighted by Gasteiger charge is -2.20. The number of fused-ring (bicyclic) bond motifs is 1. The highest BCUT2D eigenvalue weighted by Crippen LogP contribution is 2.30. The molecule has 1 N–H and O–H groups in total. The van der Waals surface area contributed by atoms with Crippen LogP contribution in [-0.2, 0) is 35.9 Å². The van der Waals surface area contributed by atoms with Crippen LogP contribution in [0.15, 0.2) is 59.5 Å². The van der Waals surface area contributed by atoms with Crippen LogP contribution in [0, 0.1) is 6.92 Å². The second kappa shape index (κ2) is 9.75. The molecule has 6 nitrogen and oxygen atoms in total. The summed E-state index contributed by atoms with van der Waals surface area (Å²) in [5, 5.41) is 0. The van der Waals surface area contributed by atoms with Gasteiger partial charge in [-0.05, 0) is 68.4 Å². The molecule has 0 saturated heterocycles. The number of nitrogens with zero attached hydrogens (tertiary/aromatic N) is 1. The Labute approximate surface area is 195 Å². The first kappa shape index (κ1) is 23.0. The maximum atomic E-state index is 12.6. The van der Waals surface area contributed by atoms with Crippen molar-refractivity contribution in [1.82, 2.24) is 9.71 Å². The first-order chi connectivity index (χ1) is 15.9. The Kier molecular flexibility index (Phi) is 6.79. The Hall–Kier alpha value is -3.19. The molecule has 1 aliphatic carbocycles. The third-order valence-electron chi connectivity index (χ3n) is 5.90. The predicted molar refractivity (Wildman–Crippen MR) is 127 cm³/mol. The van der Waals surface area contributed by atoms with Gasteiger partial charge < -0.3 is 4.74 Å². The van der Waals surface area contributed by atoms with Crippen molar-refractivity contribution in [2.24, 2.45) is 0 Å². The number of rotatable bonds is 7. The zero-order chi connectivity index (χ0) is 23.4. The topological polar surface area (TPSA) is 85.4 Å². The fourth-order valence-electron chi connectivity index (χ4n) is 4.04. The molecule has 0 unspecified atom stereocenters. The van der Waals surface area contributed by atoms with Crippen LogP contribution in [0.2, 0.25) is 0 Å². The number of amides is 1. The summed E-state index contributed by atoms with van der Waals surface area (Å²) in [6.45, 7) is 4.14. The molecule has 0 atom stereocenters. The molecular formula is C26H28N2O4S. The number of hydrogen-bond acceptors (Lipinski definition) is 5. The van der Waals surface area contributed by atoms with Crippen LogP contribution in [0.1, 0.15) is 58.2 Å². The highest BCUT2D eigenvalue weighted by molar-refractivity contribution is 7.90. The van der Waals surface area contributed by atoms with Gasteiger partial charge in [-0.1, -0.05) is 37.3 Å². The third-order valence-corrected chi connectivity index (χ3v) is 7.39. The van der Waals surface area contributed by atoms with Crippen LogP contribution in [0.4, 0.5) is 0 Å². The molecule has 0 bridgehead atoms. The van der Waals surface area contributed by atoms with Gasteiger partial charge >= 0.3 is 0 Å².